The number of nitrogens with zero attached hydrogens (tertiary/aromatic N) is 2. The van der Waals surface area contributed by atoms with Crippen LogP contribution in [0.3, 0.4) is 0 Å². The van der Waals surface area contributed by atoms with Crippen molar-refractivity contribution in [1.82, 2.24) is 9.55 Å². The smallest absolute Gasteiger partial charge is 0.260 e. The highest BCUT2D eigenvalue weighted by atomic mass is 35.5. The number of aromatic nitrogens is 2. The van der Waals surface area contributed by atoms with Gasteiger partial charge in [-0.15, -0.1) is 0 Å². The predicted molar refractivity (Wildman–Crippen MR) is 78.9 cm³/mol. The van der Waals surface area contributed by atoms with Gasteiger partial charge in [-0.1, -0.05) is 36.7 Å². The minimum absolute atomic E-state index is 0.0641. The van der Waals surface area contributed by atoms with Crippen LogP contribution >= 0.6 is 11.6 Å². The van der Waals surface area contributed by atoms with E-state index in [9.17, 15) is 4.79 Å². The van der Waals surface area contributed by atoms with Gasteiger partial charge < -0.3 is 4.57 Å². The van der Waals surface area contributed by atoms with Gasteiger partial charge in [0.25, 0.3) is 5.56 Å². The van der Waals surface area contributed by atoms with Gasteiger partial charge in [-0.25, -0.2) is 0 Å². The molecule has 0 fully saturated rings. The van der Waals surface area contributed by atoms with Crippen LogP contribution in [0.1, 0.15) is 12.6 Å². The van der Waals surface area contributed by atoms with Crippen LogP contribution in [0.2, 0.25) is 5.02 Å². The molecule has 0 aliphatic carbocycles. The molecular formula is C15H13ClN2O. The van der Waals surface area contributed by atoms with E-state index >= 15 is 0 Å². The van der Waals surface area contributed by atoms with Gasteiger partial charge in [0.1, 0.15) is 0 Å². The molecule has 3 rings (SSSR count). The van der Waals surface area contributed by atoms with Crippen molar-refractivity contribution < 1.29 is 0 Å². The maximum absolute atomic E-state index is 12.4. The topological polar surface area (TPSA) is 34.9 Å². The zero-order chi connectivity index (χ0) is 13.6. The number of hydrogen-bond acceptors (Lipinski definition) is 2. The normalized spacial score (nSPS) is 11.3. The summed E-state index contributed by atoms with van der Waals surface area (Å²) in [5, 5.41) is 2.11. The summed E-state index contributed by atoms with van der Waals surface area (Å²) in [5.41, 5.74) is 2.38. The Bertz CT molecular complexity index is 852. The number of fused-ring (bicyclic) bond motifs is 3. The van der Waals surface area contributed by atoms with E-state index in [1.165, 1.54) is 0 Å². The van der Waals surface area contributed by atoms with Crippen molar-refractivity contribution in [2.45, 2.75) is 13.3 Å². The summed E-state index contributed by atoms with van der Waals surface area (Å²) in [7, 11) is 1.77. The van der Waals surface area contributed by atoms with Crippen molar-refractivity contribution in [2.75, 3.05) is 0 Å². The van der Waals surface area contributed by atoms with Gasteiger partial charge in [0.15, 0.2) is 0 Å². The third kappa shape index (κ3) is 1.73. The highest BCUT2D eigenvalue weighted by molar-refractivity contribution is 6.32. The molecule has 0 amide bonds. The summed E-state index contributed by atoms with van der Waals surface area (Å²) >= 11 is 6.17. The largest absolute Gasteiger partial charge is 0.311 e. The Morgan fingerprint density at radius 2 is 2.00 bits per heavy atom. The van der Waals surface area contributed by atoms with E-state index in [-0.39, 0.29) is 5.56 Å². The maximum atomic E-state index is 12.4. The molecule has 0 bridgehead atoms. The van der Waals surface area contributed by atoms with Crippen molar-refractivity contribution in [3.63, 3.8) is 0 Å². The van der Waals surface area contributed by atoms with Crippen LogP contribution in [0.5, 0.6) is 0 Å². The third-order valence-corrected chi connectivity index (χ3v) is 3.77. The number of aryl methyl sites for hydroxylation is 2. The molecule has 96 valence electrons. The number of benzene rings is 1. The van der Waals surface area contributed by atoms with Crippen molar-refractivity contribution in [3.05, 3.63) is 51.4 Å². The van der Waals surface area contributed by atoms with Crippen molar-refractivity contribution in [1.29, 1.82) is 0 Å². The van der Waals surface area contributed by atoms with Crippen LogP contribution in [-0.2, 0) is 13.5 Å². The summed E-state index contributed by atoms with van der Waals surface area (Å²) in [4.78, 5) is 16.9. The lowest BCUT2D eigenvalue weighted by molar-refractivity contribution is 0.916. The highest BCUT2D eigenvalue weighted by Crippen LogP contribution is 2.25. The van der Waals surface area contributed by atoms with E-state index in [4.69, 9.17) is 11.6 Å². The SMILES string of the molecule is CCc1nc2c(cc1Cl)c(=O)n(C)c1ccccc21. The Balaban J connectivity index is 2.63. The number of hydrogen-bond donors (Lipinski definition) is 0. The summed E-state index contributed by atoms with van der Waals surface area (Å²) in [6.07, 6.45) is 0.748. The van der Waals surface area contributed by atoms with E-state index in [2.05, 4.69) is 4.98 Å². The van der Waals surface area contributed by atoms with Gasteiger partial charge in [0, 0.05) is 12.4 Å². The predicted octanol–water partition coefficient (Wildman–Crippen LogP) is 3.30. The molecule has 0 saturated carbocycles. The van der Waals surface area contributed by atoms with E-state index in [0.29, 0.717) is 10.4 Å². The monoisotopic (exact) mass is 272 g/mol. The van der Waals surface area contributed by atoms with E-state index in [1.807, 2.05) is 31.2 Å². The van der Waals surface area contributed by atoms with Gasteiger partial charge in [-0.3, -0.25) is 9.78 Å². The lowest BCUT2D eigenvalue weighted by atomic mass is 10.1. The fourth-order valence-corrected chi connectivity index (χ4v) is 2.68. The second-order valence-corrected chi connectivity index (χ2v) is 4.96. The first kappa shape index (κ1) is 12.2. The van der Waals surface area contributed by atoms with Gasteiger partial charge in [0.2, 0.25) is 0 Å². The molecule has 0 unspecified atom stereocenters. The molecule has 2 aromatic heterocycles. The number of halogens is 1. The summed E-state index contributed by atoms with van der Waals surface area (Å²) in [6.45, 7) is 2.00. The van der Waals surface area contributed by atoms with Crippen LogP contribution in [-0.4, -0.2) is 9.55 Å². The third-order valence-electron chi connectivity index (χ3n) is 3.44. The van der Waals surface area contributed by atoms with Gasteiger partial charge in [-0.2, -0.15) is 0 Å². The zero-order valence-electron chi connectivity index (χ0n) is 10.8. The first-order valence-corrected chi connectivity index (χ1v) is 6.58. The van der Waals surface area contributed by atoms with Crippen LogP contribution in [0.4, 0.5) is 0 Å². The van der Waals surface area contributed by atoms with E-state index < -0.39 is 0 Å². The first-order valence-electron chi connectivity index (χ1n) is 6.20. The molecule has 19 heavy (non-hydrogen) atoms. The average Bonchev–Trinajstić information content (AvgIpc) is 2.44. The molecule has 3 aromatic rings. The lowest BCUT2D eigenvalue weighted by Crippen LogP contribution is -2.18. The highest BCUT2D eigenvalue weighted by Gasteiger charge is 2.12. The fraction of sp³-hybridized carbons (Fsp3) is 0.200. The van der Waals surface area contributed by atoms with Gasteiger partial charge in [0.05, 0.1) is 27.1 Å². The summed E-state index contributed by atoms with van der Waals surface area (Å²) in [6, 6.07) is 9.52. The van der Waals surface area contributed by atoms with Gasteiger partial charge in [-0.05, 0) is 18.6 Å². The molecule has 1 aromatic carbocycles. The molecule has 0 aliphatic heterocycles. The Hall–Kier alpha value is -1.87. The van der Waals surface area contributed by atoms with Gasteiger partial charge >= 0.3 is 0 Å². The Labute approximate surface area is 115 Å². The molecule has 0 spiro atoms. The molecule has 0 saturated heterocycles. The molecule has 0 atom stereocenters. The second kappa shape index (κ2) is 4.35. The van der Waals surface area contributed by atoms with Crippen LogP contribution in [0.15, 0.2) is 35.1 Å². The Morgan fingerprint density at radius 3 is 2.74 bits per heavy atom. The van der Waals surface area contributed by atoms with Crippen molar-refractivity contribution in [3.8, 4) is 0 Å². The Kier molecular flexibility index (Phi) is 2.79. The second-order valence-electron chi connectivity index (χ2n) is 4.55. The van der Waals surface area contributed by atoms with Crippen molar-refractivity contribution >= 4 is 33.4 Å². The number of para-hydroxylation sites is 1. The zero-order valence-corrected chi connectivity index (χ0v) is 11.5. The quantitative estimate of drug-likeness (QED) is 0.637. The average molecular weight is 273 g/mol. The fourth-order valence-electron chi connectivity index (χ4n) is 2.40. The standard InChI is InChI=1S/C15H13ClN2O/c1-3-12-11(16)8-10-14(17-12)9-6-4-5-7-13(9)18(2)15(10)19/h4-8H,3H2,1-2H3. The molecule has 0 N–H and O–H groups in total. The molecule has 3 nitrogen and oxygen atoms in total. The molecule has 2 heterocycles. The molecule has 4 heteroatoms. The van der Waals surface area contributed by atoms with E-state index in [0.717, 1.165) is 28.5 Å². The minimum atomic E-state index is -0.0641. The van der Waals surface area contributed by atoms with Crippen LogP contribution in [0, 0.1) is 0 Å². The van der Waals surface area contributed by atoms with E-state index in [1.54, 1.807) is 17.7 Å². The van der Waals surface area contributed by atoms with Crippen LogP contribution < -0.4 is 5.56 Å². The summed E-state index contributed by atoms with van der Waals surface area (Å²) in [5.74, 6) is 0. The maximum Gasteiger partial charge on any atom is 0.260 e. The Morgan fingerprint density at radius 1 is 1.26 bits per heavy atom. The number of rotatable bonds is 1. The lowest BCUT2D eigenvalue weighted by Gasteiger charge is -2.10. The minimum Gasteiger partial charge on any atom is -0.311 e. The number of pyridine rings is 2. The molecule has 0 radical (unpaired) electrons. The van der Waals surface area contributed by atoms with Crippen LogP contribution in [0.25, 0.3) is 21.8 Å². The molecular weight excluding hydrogens is 260 g/mol. The summed E-state index contributed by atoms with van der Waals surface area (Å²) < 4.78 is 1.64. The first-order chi connectivity index (χ1) is 9.13. The molecule has 0 aliphatic rings. The van der Waals surface area contributed by atoms with Crippen molar-refractivity contribution in [2.24, 2.45) is 7.05 Å².